The molecule has 8 nitrogen and oxygen atoms in total. The van der Waals surface area contributed by atoms with Crippen molar-refractivity contribution in [1.29, 1.82) is 0 Å². The summed E-state index contributed by atoms with van der Waals surface area (Å²) in [6.45, 7) is 0.448. The number of halogens is 1. The molecule has 5 rings (SSSR count). The molecule has 0 saturated heterocycles. The van der Waals surface area contributed by atoms with Gasteiger partial charge in [0.25, 0.3) is 5.91 Å². The number of hydrogen-bond donors (Lipinski definition) is 0. The largest absolute Gasteiger partial charge is 0.497 e. The van der Waals surface area contributed by atoms with Gasteiger partial charge >= 0.3 is 0 Å². The van der Waals surface area contributed by atoms with Crippen LogP contribution in [-0.4, -0.2) is 42.1 Å². The topological polar surface area (TPSA) is 84.7 Å². The molecule has 10 heteroatoms. The van der Waals surface area contributed by atoms with Crippen LogP contribution in [0.3, 0.4) is 0 Å². The smallest absolute Gasteiger partial charge is 0.261 e. The standard InChI is InChI=1S/C28H27FN4O4S/c1-31-27-15-16-32(38(35,36)22-12-8-11-21(17-22)37-2)18-24(27)26(30-31)19-33(20-9-4-3-5-10-20)28(34)23-13-6-7-14-25(23)29/h3-14,17H,15-16,18-19H2,1-2H3. The van der Waals surface area contributed by atoms with Gasteiger partial charge in [0.2, 0.25) is 10.0 Å². The highest BCUT2D eigenvalue weighted by atomic mass is 32.2. The zero-order chi connectivity index (χ0) is 26.9. The minimum absolute atomic E-state index is 0.0490. The van der Waals surface area contributed by atoms with Gasteiger partial charge in [-0.25, -0.2) is 12.8 Å². The first-order valence-corrected chi connectivity index (χ1v) is 13.5. The molecular formula is C28H27FN4O4S. The number of amides is 1. The lowest BCUT2D eigenvalue weighted by Crippen LogP contribution is -2.37. The second kappa shape index (κ2) is 10.4. The summed E-state index contributed by atoms with van der Waals surface area (Å²) in [7, 11) is -0.511. The Balaban J connectivity index is 1.50. The highest BCUT2D eigenvalue weighted by molar-refractivity contribution is 7.89. The summed E-state index contributed by atoms with van der Waals surface area (Å²) in [5, 5.41) is 4.66. The van der Waals surface area contributed by atoms with Crippen LogP contribution >= 0.6 is 0 Å². The molecule has 0 radical (unpaired) electrons. The quantitative estimate of drug-likeness (QED) is 0.356. The fraction of sp³-hybridized carbons (Fsp3) is 0.214. The molecule has 4 aromatic rings. The van der Waals surface area contributed by atoms with Gasteiger partial charge in [0, 0.05) is 49.6 Å². The monoisotopic (exact) mass is 534 g/mol. The van der Waals surface area contributed by atoms with E-state index < -0.39 is 21.7 Å². The second-order valence-corrected chi connectivity index (χ2v) is 10.9. The molecular weight excluding hydrogens is 507 g/mol. The number of carbonyl (C=O) groups is 1. The Bertz CT molecular complexity index is 1590. The van der Waals surface area contributed by atoms with E-state index in [0.717, 1.165) is 11.3 Å². The van der Waals surface area contributed by atoms with E-state index in [1.54, 1.807) is 60.3 Å². The van der Waals surface area contributed by atoms with Crippen molar-refractivity contribution in [3.63, 3.8) is 0 Å². The molecule has 0 bridgehead atoms. The molecule has 196 valence electrons. The number of para-hydroxylation sites is 1. The Morgan fingerprint density at radius 2 is 1.79 bits per heavy atom. The maximum Gasteiger partial charge on any atom is 0.261 e. The van der Waals surface area contributed by atoms with E-state index in [2.05, 4.69) is 5.10 Å². The van der Waals surface area contributed by atoms with E-state index in [9.17, 15) is 17.6 Å². The number of aryl methyl sites for hydroxylation is 1. The van der Waals surface area contributed by atoms with E-state index in [1.807, 2.05) is 6.07 Å². The summed E-state index contributed by atoms with van der Waals surface area (Å²) in [6.07, 6.45) is 0.467. The molecule has 1 aliphatic rings. The van der Waals surface area contributed by atoms with E-state index >= 15 is 0 Å². The van der Waals surface area contributed by atoms with Crippen LogP contribution in [-0.2, 0) is 36.6 Å². The van der Waals surface area contributed by atoms with Crippen molar-refractivity contribution >= 4 is 21.6 Å². The Morgan fingerprint density at radius 3 is 2.53 bits per heavy atom. The lowest BCUT2D eigenvalue weighted by atomic mass is 10.1. The van der Waals surface area contributed by atoms with E-state index in [-0.39, 0.29) is 23.5 Å². The van der Waals surface area contributed by atoms with Gasteiger partial charge in [-0.1, -0.05) is 36.4 Å². The van der Waals surface area contributed by atoms with Gasteiger partial charge in [0.05, 0.1) is 29.8 Å². The van der Waals surface area contributed by atoms with Crippen molar-refractivity contribution in [2.75, 3.05) is 18.6 Å². The zero-order valence-corrected chi connectivity index (χ0v) is 21.9. The first kappa shape index (κ1) is 25.6. The normalized spacial score (nSPS) is 13.7. The highest BCUT2D eigenvalue weighted by Gasteiger charge is 2.33. The number of hydrogen-bond acceptors (Lipinski definition) is 5. The molecule has 0 spiro atoms. The minimum atomic E-state index is -3.80. The molecule has 0 saturated carbocycles. The number of methoxy groups -OCH3 is 1. The van der Waals surface area contributed by atoms with Gasteiger partial charge in [0.15, 0.2) is 0 Å². The molecule has 0 N–H and O–H groups in total. The number of rotatable bonds is 7. The lowest BCUT2D eigenvalue weighted by molar-refractivity contribution is 0.0980. The Labute approximate surface area is 220 Å². The number of ether oxygens (including phenoxy) is 1. The third-order valence-corrected chi connectivity index (χ3v) is 8.54. The predicted molar refractivity (Wildman–Crippen MR) is 141 cm³/mol. The van der Waals surface area contributed by atoms with Gasteiger partial charge in [-0.05, 0) is 36.4 Å². The molecule has 0 atom stereocenters. The summed E-state index contributed by atoms with van der Waals surface area (Å²) in [5.41, 5.74) is 2.73. The van der Waals surface area contributed by atoms with Crippen LogP contribution in [0.25, 0.3) is 0 Å². The van der Waals surface area contributed by atoms with Crippen LogP contribution in [0.15, 0.2) is 83.8 Å². The van der Waals surface area contributed by atoms with Crippen LogP contribution < -0.4 is 9.64 Å². The molecule has 0 fully saturated rings. The van der Waals surface area contributed by atoms with E-state index in [4.69, 9.17) is 4.74 Å². The Kier molecular flexibility index (Phi) is 7.00. The number of benzene rings is 3. The predicted octanol–water partition coefficient (Wildman–Crippen LogP) is 4.16. The maximum atomic E-state index is 14.6. The molecule has 3 aromatic carbocycles. The molecule has 1 aromatic heterocycles. The first-order chi connectivity index (χ1) is 18.3. The van der Waals surface area contributed by atoms with E-state index in [0.29, 0.717) is 30.1 Å². The molecule has 0 unspecified atom stereocenters. The number of sulfonamides is 1. The van der Waals surface area contributed by atoms with Gasteiger partial charge < -0.3 is 9.64 Å². The third-order valence-electron chi connectivity index (χ3n) is 6.69. The van der Waals surface area contributed by atoms with Crippen molar-refractivity contribution in [3.8, 4) is 5.75 Å². The van der Waals surface area contributed by atoms with Crippen molar-refractivity contribution < 1.29 is 22.3 Å². The van der Waals surface area contributed by atoms with Gasteiger partial charge in [-0.2, -0.15) is 9.40 Å². The maximum absolute atomic E-state index is 14.6. The molecule has 1 amide bonds. The van der Waals surface area contributed by atoms with Crippen LogP contribution in [0.1, 0.15) is 27.3 Å². The van der Waals surface area contributed by atoms with Crippen LogP contribution in [0.4, 0.5) is 10.1 Å². The number of anilines is 1. The highest BCUT2D eigenvalue weighted by Crippen LogP contribution is 2.30. The molecule has 1 aliphatic heterocycles. The Morgan fingerprint density at radius 1 is 1.05 bits per heavy atom. The lowest BCUT2D eigenvalue weighted by Gasteiger charge is -2.28. The summed E-state index contributed by atoms with van der Waals surface area (Å²) < 4.78 is 49.9. The van der Waals surface area contributed by atoms with Crippen molar-refractivity contribution in [2.24, 2.45) is 7.05 Å². The fourth-order valence-corrected chi connectivity index (χ4v) is 6.15. The number of fused-ring (bicyclic) bond motifs is 1. The first-order valence-electron chi connectivity index (χ1n) is 12.1. The summed E-state index contributed by atoms with van der Waals surface area (Å²) in [5.74, 6) is -0.668. The molecule has 38 heavy (non-hydrogen) atoms. The fourth-order valence-electron chi connectivity index (χ4n) is 4.71. The van der Waals surface area contributed by atoms with Gasteiger partial charge in [-0.15, -0.1) is 0 Å². The van der Waals surface area contributed by atoms with Crippen LogP contribution in [0.2, 0.25) is 0 Å². The number of aromatic nitrogens is 2. The average molecular weight is 535 g/mol. The average Bonchev–Trinajstić information content (AvgIpc) is 3.26. The van der Waals surface area contributed by atoms with E-state index in [1.165, 1.54) is 40.6 Å². The summed E-state index contributed by atoms with van der Waals surface area (Å²) in [6, 6.07) is 21.2. The van der Waals surface area contributed by atoms with Gasteiger partial charge in [0.1, 0.15) is 11.6 Å². The third kappa shape index (κ3) is 4.80. The van der Waals surface area contributed by atoms with Gasteiger partial charge in [-0.3, -0.25) is 9.48 Å². The molecule has 2 heterocycles. The zero-order valence-electron chi connectivity index (χ0n) is 21.0. The summed E-state index contributed by atoms with van der Waals surface area (Å²) >= 11 is 0. The van der Waals surface area contributed by atoms with Crippen molar-refractivity contribution in [1.82, 2.24) is 14.1 Å². The summed E-state index contributed by atoms with van der Waals surface area (Å²) in [4.78, 5) is 15.2. The number of carbonyl (C=O) groups excluding carboxylic acids is 1. The van der Waals surface area contributed by atoms with Crippen molar-refractivity contribution in [2.45, 2.75) is 24.4 Å². The SMILES string of the molecule is COc1cccc(S(=O)(=O)N2CCc3c(c(CN(C(=O)c4ccccc4F)c4ccccc4)nn3C)C2)c1. The van der Waals surface area contributed by atoms with Crippen LogP contribution in [0.5, 0.6) is 5.75 Å². The van der Waals surface area contributed by atoms with Crippen molar-refractivity contribution in [3.05, 3.63) is 107 Å². The second-order valence-electron chi connectivity index (χ2n) is 8.97. The number of nitrogens with zero attached hydrogens (tertiary/aromatic N) is 4. The molecule has 0 aliphatic carbocycles. The van der Waals surface area contributed by atoms with Crippen LogP contribution in [0, 0.1) is 5.82 Å². The Hall–Kier alpha value is -4.02. The minimum Gasteiger partial charge on any atom is -0.497 e.